The molecule has 0 saturated carbocycles. The van der Waals surface area contributed by atoms with Crippen molar-refractivity contribution in [3.8, 4) is 5.75 Å². The van der Waals surface area contributed by atoms with Crippen molar-refractivity contribution in [1.82, 2.24) is 0 Å². The second-order valence-corrected chi connectivity index (χ2v) is 11.5. The van der Waals surface area contributed by atoms with E-state index in [1.54, 1.807) is 12.1 Å². The van der Waals surface area contributed by atoms with Gasteiger partial charge in [-0.2, -0.15) is 0 Å². The van der Waals surface area contributed by atoms with Crippen LogP contribution in [0.15, 0.2) is 24.3 Å². The van der Waals surface area contributed by atoms with Crippen molar-refractivity contribution in [2.24, 2.45) is 0 Å². The standard InChI is InChI=1S/C9H12Cl2OSi/c1-13(10,11)7-6-8-2-4-9(12)5-3-8/h2-5,12H,6-7H2,1H3. The van der Waals surface area contributed by atoms with Crippen LogP contribution in [0.5, 0.6) is 5.75 Å². The number of phenols is 1. The van der Waals surface area contributed by atoms with Crippen molar-refractivity contribution in [3.63, 3.8) is 0 Å². The summed E-state index contributed by atoms with van der Waals surface area (Å²) in [5.41, 5.74) is 1.16. The highest BCUT2D eigenvalue weighted by Gasteiger charge is 2.19. The van der Waals surface area contributed by atoms with Gasteiger partial charge in [0, 0.05) is 0 Å². The molecule has 1 N–H and O–H groups in total. The van der Waals surface area contributed by atoms with Crippen LogP contribution in [-0.4, -0.2) is 11.8 Å². The fraction of sp³-hybridized carbons (Fsp3) is 0.333. The van der Waals surface area contributed by atoms with Gasteiger partial charge in [-0.25, -0.2) is 0 Å². The molecule has 72 valence electrons. The van der Waals surface area contributed by atoms with E-state index in [9.17, 15) is 0 Å². The molecule has 0 fully saturated rings. The number of hydrogen-bond acceptors (Lipinski definition) is 1. The second kappa shape index (κ2) is 4.36. The van der Waals surface area contributed by atoms with E-state index in [-0.39, 0.29) is 0 Å². The predicted octanol–water partition coefficient (Wildman–Crippen LogP) is 3.48. The molecule has 1 nitrogen and oxygen atoms in total. The van der Waals surface area contributed by atoms with E-state index in [2.05, 4.69) is 0 Å². The molecule has 0 heterocycles. The molecule has 1 aromatic carbocycles. The van der Waals surface area contributed by atoms with Crippen molar-refractivity contribution in [2.45, 2.75) is 19.0 Å². The number of phenolic OH excluding ortho intramolecular Hbond substituents is 1. The zero-order chi connectivity index (χ0) is 9.90. The summed E-state index contributed by atoms with van der Waals surface area (Å²) >= 11 is 11.9. The first-order valence-corrected chi connectivity index (χ1v) is 8.86. The molecule has 13 heavy (non-hydrogen) atoms. The lowest BCUT2D eigenvalue weighted by molar-refractivity contribution is 0.475. The van der Waals surface area contributed by atoms with Crippen LogP contribution in [0, 0.1) is 0 Å². The van der Waals surface area contributed by atoms with Crippen molar-refractivity contribution < 1.29 is 5.11 Å². The van der Waals surface area contributed by atoms with E-state index >= 15 is 0 Å². The topological polar surface area (TPSA) is 20.2 Å². The maximum absolute atomic E-state index is 9.04. The van der Waals surface area contributed by atoms with Crippen molar-refractivity contribution in [2.75, 3.05) is 0 Å². The lowest BCUT2D eigenvalue weighted by Crippen LogP contribution is -2.13. The lowest BCUT2D eigenvalue weighted by atomic mass is 10.2. The van der Waals surface area contributed by atoms with Gasteiger partial charge in [-0.3, -0.25) is 0 Å². The zero-order valence-electron chi connectivity index (χ0n) is 7.43. The molecule has 1 aromatic rings. The van der Waals surface area contributed by atoms with E-state index in [0.29, 0.717) is 5.75 Å². The maximum atomic E-state index is 9.04. The Bertz CT molecular complexity index is 266. The minimum Gasteiger partial charge on any atom is -0.508 e. The number of aryl methyl sites for hydroxylation is 1. The Kier molecular flexibility index (Phi) is 3.65. The molecule has 0 atom stereocenters. The first kappa shape index (κ1) is 10.9. The molecule has 0 aliphatic heterocycles. The molecule has 0 amide bonds. The first-order chi connectivity index (χ1) is 5.97. The Hall–Kier alpha value is -0.183. The minimum absolute atomic E-state index is 0.292. The largest absolute Gasteiger partial charge is 0.508 e. The van der Waals surface area contributed by atoms with Crippen LogP contribution in [0.2, 0.25) is 12.6 Å². The molecule has 0 aliphatic carbocycles. The highest BCUT2D eigenvalue weighted by Crippen LogP contribution is 2.22. The maximum Gasteiger partial charge on any atom is 0.248 e. The molecule has 0 radical (unpaired) electrons. The van der Waals surface area contributed by atoms with Gasteiger partial charge in [-0.05, 0) is 36.7 Å². The SMILES string of the molecule is C[Si](Cl)(Cl)CCc1ccc(O)cc1. The highest BCUT2D eigenvalue weighted by atomic mass is 35.7. The third-order valence-corrected chi connectivity index (χ3v) is 4.05. The average molecular weight is 235 g/mol. The van der Waals surface area contributed by atoms with Crippen LogP contribution in [0.25, 0.3) is 0 Å². The molecule has 0 unspecified atom stereocenters. The van der Waals surface area contributed by atoms with Crippen LogP contribution in [0.3, 0.4) is 0 Å². The fourth-order valence-electron chi connectivity index (χ4n) is 1.03. The smallest absolute Gasteiger partial charge is 0.248 e. The Morgan fingerprint density at radius 2 is 1.77 bits per heavy atom. The molecule has 0 bridgehead atoms. The summed E-state index contributed by atoms with van der Waals surface area (Å²) in [5, 5.41) is 9.04. The normalized spacial score (nSPS) is 11.6. The Labute approximate surface area is 88.7 Å². The predicted molar refractivity (Wildman–Crippen MR) is 59.9 cm³/mol. The Balaban J connectivity index is 2.51. The first-order valence-electron chi connectivity index (χ1n) is 4.13. The summed E-state index contributed by atoms with van der Waals surface area (Å²) < 4.78 is 0. The van der Waals surface area contributed by atoms with Crippen LogP contribution < -0.4 is 0 Å². The van der Waals surface area contributed by atoms with Crippen molar-refractivity contribution >= 4 is 28.9 Å². The van der Waals surface area contributed by atoms with Crippen LogP contribution in [0.4, 0.5) is 0 Å². The lowest BCUT2D eigenvalue weighted by Gasteiger charge is -2.09. The highest BCUT2D eigenvalue weighted by molar-refractivity contribution is 7.44. The number of rotatable bonds is 3. The van der Waals surface area contributed by atoms with E-state index in [1.165, 1.54) is 0 Å². The molecule has 0 spiro atoms. The summed E-state index contributed by atoms with van der Waals surface area (Å²) in [6.45, 7) is -0.0584. The quantitative estimate of drug-likeness (QED) is 0.628. The molecule has 4 heteroatoms. The van der Waals surface area contributed by atoms with Gasteiger partial charge in [-0.1, -0.05) is 12.1 Å². The van der Waals surface area contributed by atoms with Gasteiger partial charge in [-0.15, -0.1) is 22.2 Å². The van der Waals surface area contributed by atoms with Crippen molar-refractivity contribution in [1.29, 1.82) is 0 Å². The zero-order valence-corrected chi connectivity index (χ0v) is 9.94. The molecule has 0 saturated heterocycles. The van der Waals surface area contributed by atoms with Gasteiger partial charge in [0.1, 0.15) is 5.75 Å². The van der Waals surface area contributed by atoms with Crippen LogP contribution in [-0.2, 0) is 6.42 Å². The summed E-state index contributed by atoms with van der Waals surface area (Å²) in [4.78, 5) is 0. The van der Waals surface area contributed by atoms with E-state index in [0.717, 1.165) is 18.0 Å². The van der Waals surface area contributed by atoms with Gasteiger partial charge in [0.25, 0.3) is 0 Å². The Morgan fingerprint density at radius 3 is 2.23 bits per heavy atom. The van der Waals surface area contributed by atoms with Crippen LogP contribution >= 0.6 is 22.2 Å². The summed E-state index contributed by atoms with van der Waals surface area (Å²) in [6, 6.07) is 7.99. The Morgan fingerprint density at radius 1 is 1.23 bits per heavy atom. The van der Waals surface area contributed by atoms with Gasteiger partial charge < -0.3 is 5.11 Å². The van der Waals surface area contributed by atoms with Gasteiger partial charge in [0.15, 0.2) is 0 Å². The number of benzene rings is 1. The minimum atomic E-state index is -1.97. The number of aromatic hydroxyl groups is 1. The van der Waals surface area contributed by atoms with Gasteiger partial charge in [0.2, 0.25) is 6.69 Å². The molecule has 0 aliphatic rings. The van der Waals surface area contributed by atoms with Gasteiger partial charge >= 0.3 is 0 Å². The summed E-state index contributed by atoms with van der Waals surface area (Å²) in [5.74, 6) is 0.292. The molecule has 0 aromatic heterocycles. The number of halogens is 2. The van der Waals surface area contributed by atoms with E-state index < -0.39 is 6.69 Å². The average Bonchev–Trinajstić information content (AvgIpc) is 2.02. The third-order valence-electron chi connectivity index (χ3n) is 1.79. The van der Waals surface area contributed by atoms with E-state index in [1.807, 2.05) is 18.7 Å². The van der Waals surface area contributed by atoms with E-state index in [4.69, 9.17) is 27.3 Å². The van der Waals surface area contributed by atoms with Gasteiger partial charge in [0.05, 0.1) is 0 Å². The third kappa shape index (κ3) is 4.55. The monoisotopic (exact) mass is 234 g/mol. The summed E-state index contributed by atoms with van der Waals surface area (Å²) in [7, 11) is 0. The molecular weight excluding hydrogens is 223 g/mol. The van der Waals surface area contributed by atoms with Crippen LogP contribution in [0.1, 0.15) is 5.56 Å². The fourth-order valence-corrected chi connectivity index (χ4v) is 2.32. The molecular formula is C9H12Cl2OSi. The van der Waals surface area contributed by atoms with Crippen molar-refractivity contribution in [3.05, 3.63) is 29.8 Å². The molecule has 1 rings (SSSR count). The number of hydrogen-bond donors (Lipinski definition) is 1. The second-order valence-electron chi connectivity index (χ2n) is 3.24. The summed E-state index contributed by atoms with van der Waals surface area (Å²) in [6.07, 6.45) is 0.885.